The maximum Gasteiger partial charge on any atom is 0.311 e. The number of carbonyl (C=O) groups is 1. The van der Waals surface area contributed by atoms with E-state index in [0.29, 0.717) is 6.04 Å². The van der Waals surface area contributed by atoms with Crippen molar-refractivity contribution in [3.63, 3.8) is 0 Å². The molecule has 5 atom stereocenters. The molecule has 2 heterocycles. The van der Waals surface area contributed by atoms with Crippen LogP contribution >= 0.6 is 0 Å². The molecular weight excluding hydrogens is 400 g/mol. The topological polar surface area (TPSA) is 42.0 Å². The van der Waals surface area contributed by atoms with Crippen molar-refractivity contribution in [2.45, 2.75) is 52.2 Å². The van der Waals surface area contributed by atoms with Crippen molar-refractivity contribution in [3.8, 4) is 5.75 Å². The second kappa shape index (κ2) is 8.26. The second-order valence-electron chi connectivity index (χ2n) is 10.4. The molecule has 5 heteroatoms. The van der Waals surface area contributed by atoms with Gasteiger partial charge in [-0.2, -0.15) is 0 Å². The SMILES string of the molecule is COc1ccc(N2CCN(CC3C(=O)O[C@@H]4C[C@@]5(C)CCC=C(C)C5=C[C@H]34)CC2C)cc1. The molecule has 0 spiro atoms. The summed E-state index contributed by atoms with van der Waals surface area (Å²) >= 11 is 0. The molecule has 32 heavy (non-hydrogen) atoms. The van der Waals surface area contributed by atoms with Gasteiger partial charge in [0.2, 0.25) is 0 Å². The Kier molecular flexibility index (Phi) is 5.56. The molecule has 0 radical (unpaired) electrons. The van der Waals surface area contributed by atoms with Crippen molar-refractivity contribution >= 4 is 11.7 Å². The van der Waals surface area contributed by atoms with E-state index < -0.39 is 0 Å². The zero-order valence-electron chi connectivity index (χ0n) is 19.8. The molecule has 2 aliphatic heterocycles. The van der Waals surface area contributed by atoms with Crippen LogP contribution in [0.3, 0.4) is 0 Å². The van der Waals surface area contributed by atoms with Gasteiger partial charge in [0, 0.05) is 43.8 Å². The van der Waals surface area contributed by atoms with Gasteiger partial charge in [-0.15, -0.1) is 0 Å². The Morgan fingerprint density at radius 1 is 1.22 bits per heavy atom. The first-order chi connectivity index (χ1) is 15.4. The van der Waals surface area contributed by atoms with Crippen LogP contribution in [0.4, 0.5) is 5.69 Å². The number of hydrogen-bond acceptors (Lipinski definition) is 5. The maximum atomic E-state index is 12.9. The molecule has 5 rings (SSSR count). The van der Waals surface area contributed by atoms with Crippen LogP contribution in [0.25, 0.3) is 0 Å². The Hall–Kier alpha value is -2.27. The van der Waals surface area contributed by atoms with Crippen LogP contribution in [0.5, 0.6) is 5.75 Å². The van der Waals surface area contributed by atoms with Gasteiger partial charge in [-0.1, -0.05) is 24.6 Å². The highest BCUT2D eigenvalue weighted by molar-refractivity contribution is 5.76. The van der Waals surface area contributed by atoms with Crippen LogP contribution < -0.4 is 9.64 Å². The minimum absolute atomic E-state index is 0.00552. The largest absolute Gasteiger partial charge is 0.497 e. The number of allylic oxidation sites excluding steroid dienone is 3. The average molecular weight is 437 g/mol. The number of hydrogen-bond donors (Lipinski definition) is 0. The van der Waals surface area contributed by atoms with Gasteiger partial charge in [0.1, 0.15) is 11.9 Å². The van der Waals surface area contributed by atoms with E-state index >= 15 is 0 Å². The molecule has 4 aliphatic rings. The Labute approximate surface area is 192 Å². The van der Waals surface area contributed by atoms with Crippen molar-refractivity contribution in [2.24, 2.45) is 17.3 Å². The van der Waals surface area contributed by atoms with E-state index in [0.717, 1.165) is 51.2 Å². The number of methoxy groups -OCH3 is 1. The summed E-state index contributed by atoms with van der Waals surface area (Å²) in [5, 5.41) is 0. The third-order valence-electron chi connectivity index (χ3n) is 8.27. The normalized spacial score (nSPS) is 34.9. The third-order valence-corrected chi connectivity index (χ3v) is 8.27. The summed E-state index contributed by atoms with van der Waals surface area (Å²) in [7, 11) is 1.70. The second-order valence-corrected chi connectivity index (χ2v) is 10.4. The zero-order chi connectivity index (χ0) is 22.5. The molecule has 2 aliphatic carbocycles. The van der Waals surface area contributed by atoms with E-state index in [-0.39, 0.29) is 29.3 Å². The number of piperazine rings is 1. The number of benzene rings is 1. The zero-order valence-corrected chi connectivity index (χ0v) is 19.8. The van der Waals surface area contributed by atoms with Crippen LogP contribution in [0.1, 0.15) is 40.0 Å². The van der Waals surface area contributed by atoms with Crippen LogP contribution in [-0.4, -0.2) is 56.3 Å². The van der Waals surface area contributed by atoms with Crippen molar-refractivity contribution < 1.29 is 14.3 Å². The molecule has 0 amide bonds. The summed E-state index contributed by atoms with van der Waals surface area (Å²) in [5.74, 6) is 1.05. The lowest BCUT2D eigenvalue weighted by Crippen LogP contribution is -2.53. The van der Waals surface area contributed by atoms with Crippen molar-refractivity contribution in [3.05, 3.63) is 47.6 Å². The predicted octanol–water partition coefficient (Wildman–Crippen LogP) is 4.44. The molecular formula is C27H36N2O3. The lowest BCUT2D eigenvalue weighted by molar-refractivity contribution is -0.145. The molecule has 0 bridgehead atoms. The highest BCUT2D eigenvalue weighted by atomic mass is 16.6. The van der Waals surface area contributed by atoms with E-state index in [1.54, 1.807) is 7.11 Å². The Bertz CT molecular complexity index is 937. The molecule has 0 saturated carbocycles. The monoisotopic (exact) mass is 436 g/mol. The van der Waals surface area contributed by atoms with E-state index in [1.807, 2.05) is 12.1 Å². The van der Waals surface area contributed by atoms with Crippen molar-refractivity contribution in [1.82, 2.24) is 4.90 Å². The molecule has 1 aromatic rings. The number of anilines is 1. The fourth-order valence-corrected chi connectivity index (χ4v) is 6.47. The lowest BCUT2D eigenvalue weighted by Gasteiger charge is -2.44. The fourth-order valence-electron chi connectivity index (χ4n) is 6.47. The van der Waals surface area contributed by atoms with Gasteiger partial charge in [-0.05, 0) is 68.4 Å². The standard InChI is InChI=1S/C27H36N2O3/c1-18-6-5-11-27(3)15-25-22(14-24(18)27)23(26(30)32-25)17-28-12-13-29(19(2)16-28)20-7-9-21(31-4)10-8-20/h6-10,14,19,22-23,25H,5,11-13,15-17H2,1-4H3/t19?,22-,23?,25-,27-/m1/s1. The van der Waals surface area contributed by atoms with E-state index in [4.69, 9.17) is 9.47 Å². The van der Waals surface area contributed by atoms with Crippen LogP contribution in [0, 0.1) is 17.3 Å². The minimum atomic E-state index is -0.0495. The summed E-state index contributed by atoms with van der Waals surface area (Å²) in [4.78, 5) is 17.8. The van der Waals surface area contributed by atoms with Gasteiger partial charge in [0.15, 0.2) is 0 Å². The number of rotatable bonds is 4. The number of fused-ring (bicyclic) bond motifs is 2. The highest BCUT2D eigenvalue weighted by Crippen LogP contribution is 2.52. The van der Waals surface area contributed by atoms with Gasteiger partial charge in [0.05, 0.1) is 13.0 Å². The Morgan fingerprint density at radius 3 is 2.72 bits per heavy atom. The Balaban J connectivity index is 1.28. The van der Waals surface area contributed by atoms with Gasteiger partial charge in [-0.3, -0.25) is 9.69 Å². The molecule has 2 unspecified atom stereocenters. The van der Waals surface area contributed by atoms with E-state index in [9.17, 15) is 4.79 Å². The first-order valence-electron chi connectivity index (χ1n) is 12.1. The lowest BCUT2D eigenvalue weighted by atomic mass is 9.62. The van der Waals surface area contributed by atoms with Gasteiger partial charge in [-0.25, -0.2) is 0 Å². The van der Waals surface area contributed by atoms with Crippen LogP contribution in [-0.2, 0) is 9.53 Å². The smallest absolute Gasteiger partial charge is 0.311 e. The molecule has 2 fully saturated rings. The molecule has 2 saturated heterocycles. The molecule has 5 nitrogen and oxygen atoms in total. The first kappa shape index (κ1) is 21.6. The van der Waals surface area contributed by atoms with Crippen molar-refractivity contribution in [2.75, 3.05) is 38.2 Å². The molecule has 0 aromatic heterocycles. The van der Waals surface area contributed by atoms with Crippen molar-refractivity contribution in [1.29, 1.82) is 0 Å². The molecule has 1 aromatic carbocycles. The van der Waals surface area contributed by atoms with Crippen LogP contribution in [0.15, 0.2) is 47.6 Å². The number of carbonyl (C=O) groups excluding carboxylic acids is 1. The summed E-state index contributed by atoms with van der Waals surface area (Å²) < 4.78 is 11.3. The van der Waals surface area contributed by atoms with E-state index in [1.165, 1.54) is 16.8 Å². The van der Waals surface area contributed by atoms with Gasteiger partial charge < -0.3 is 14.4 Å². The van der Waals surface area contributed by atoms with Gasteiger partial charge in [0.25, 0.3) is 0 Å². The summed E-state index contributed by atoms with van der Waals surface area (Å²) in [5.41, 5.74) is 4.25. The minimum Gasteiger partial charge on any atom is -0.497 e. The molecule has 172 valence electrons. The molecule has 0 N–H and O–H groups in total. The first-order valence-corrected chi connectivity index (χ1v) is 12.1. The third kappa shape index (κ3) is 3.75. The van der Waals surface area contributed by atoms with E-state index in [2.05, 4.69) is 54.9 Å². The Morgan fingerprint density at radius 2 is 2.00 bits per heavy atom. The number of nitrogens with zero attached hydrogens (tertiary/aromatic N) is 2. The summed E-state index contributed by atoms with van der Waals surface area (Å²) in [6.45, 7) is 10.5. The number of ether oxygens (including phenoxy) is 2. The quantitative estimate of drug-likeness (QED) is 0.653. The predicted molar refractivity (Wildman–Crippen MR) is 127 cm³/mol. The van der Waals surface area contributed by atoms with Crippen LogP contribution in [0.2, 0.25) is 0 Å². The highest BCUT2D eigenvalue weighted by Gasteiger charge is 2.51. The summed E-state index contributed by atoms with van der Waals surface area (Å²) in [6.07, 6.45) is 8.08. The average Bonchev–Trinajstić information content (AvgIpc) is 3.06. The van der Waals surface area contributed by atoms with Gasteiger partial charge >= 0.3 is 5.97 Å². The number of esters is 1. The fraction of sp³-hybridized carbons (Fsp3) is 0.593. The maximum absolute atomic E-state index is 12.9. The summed E-state index contributed by atoms with van der Waals surface area (Å²) in [6, 6.07) is 8.70.